The molecule has 5 rings (SSSR count). The van der Waals surface area contributed by atoms with Crippen molar-refractivity contribution in [3.8, 4) is 17.3 Å². The van der Waals surface area contributed by atoms with Gasteiger partial charge in [-0.15, -0.1) is 0 Å². The summed E-state index contributed by atoms with van der Waals surface area (Å²) in [7, 11) is -1.41. The highest BCUT2D eigenvalue weighted by Gasteiger charge is 2.50. The summed E-state index contributed by atoms with van der Waals surface area (Å²) in [5.41, 5.74) is 6.02. The minimum absolute atomic E-state index is 0.112. The monoisotopic (exact) mass is 629 g/mol. The number of pyridine rings is 1. The molecule has 5 aromatic rings. The molecule has 0 unspecified atom stereocenters. The Morgan fingerprint density at radius 3 is 2.11 bits per heavy atom. The Labute approximate surface area is 275 Å². The lowest BCUT2D eigenvalue weighted by Gasteiger charge is -2.43. The van der Waals surface area contributed by atoms with E-state index < -0.39 is 8.32 Å². The molecule has 0 amide bonds. The fourth-order valence-electron chi connectivity index (χ4n) is 7.07. The molecule has 0 spiro atoms. The number of methoxy groups -OCH3 is 1. The van der Waals surface area contributed by atoms with E-state index in [0.29, 0.717) is 5.56 Å². The number of ether oxygens (including phenoxy) is 1. The van der Waals surface area contributed by atoms with Gasteiger partial charge in [-0.05, 0) is 89.8 Å². The van der Waals surface area contributed by atoms with Crippen molar-refractivity contribution in [1.29, 1.82) is 5.26 Å². The normalized spacial score (nSPS) is 13.1. The minimum Gasteiger partial charge on any atom is -0.424 e. The van der Waals surface area contributed by atoms with E-state index in [2.05, 4.69) is 81.7 Å². The van der Waals surface area contributed by atoms with Crippen LogP contribution in [-0.4, -0.2) is 29.8 Å². The molecule has 0 saturated carbocycles. The van der Waals surface area contributed by atoms with Crippen LogP contribution in [0.5, 0.6) is 0 Å². The largest absolute Gasteiger partial charge is 0.424 e. The Bertz CT molecular complexity index is 1800. The van der Waals surface area contributed by atoms with Gasteiger partial charge in [-0.1, -0.05) is 88.4 Å². The topological polar surface area (TPSA) is 71.1 Å². The van der Waals surface area contributed by atoms with Crippen LogP contribution in [0.4, 0.5) is 0 Å². The van der Waals surface area contributed by atoms with Crippen LogP contribution in [0.2, 0.25) is 5.04 Å². The zero-order valence-corrected chi connectivity index (χ0v) is 29.3. The summed E-state index contributed by atoms with van der Waals surface area (Å²) < 4.78 is 8.14. The smallest absolute Gasteiger partial charge is 0.258 e. The van der Waals surface area contributed by atoms with E-state index >= 15 is 0 Å². The molecule has 0 fully saturated rings. The van der Waals surface area contributed by atoms with Gasteiger partial charge in [-0.3, -0.25) is 4.98 Å². The highest BCUT2D eigenvalue weighted by Crippen LogP contribution is 2.46. The molecule has 0 radical (unpaired) electrons. The highest BCUT2D eigenvalue weighted by atomic mass is 28.4. The molecule has 46 heavy (non-hydrogen) atoms. The number of fused-ring (bicyclic) bond motifs is 1. The number of nitriles is 1. The number of benzene rings is 3. The van der Waals surface area contributed by atoms with Gasteiger partial charge >= 0.3 is 0 Å². The number of aromatic nitrogens is 2. The van der Waals surface area contributed by atoms with Crippen molar-refractivity contribution in [3.63, 3.8) is 0 Å². The van der Waals surface area contributed by atoms with Gasteiger partial charge in [0, 0.05) is 36.3 Å². The molecule has 0 bridgehead atoms. The molecule has 2 aromatic heterocycles. The second-order valence-electron chi connectivity index (χ2n) is 13.9. The van der Waals surface area contributed by atoms with E-state index in [9.17, 15) is 10.1 Å². The maximum Gasteiger partial charge on any atom is 0.258 e. The standard InChI is InChI=1S/C40H47N3O2Si/c1-8-43-36-22-21-30(28-41)26-34(36)35(38(43)33-20-15-25-42-37(33)29(2)45-7)27-39(3,4)23-24-40(5,6)46(44,31-16-11-9-12-17-31)32-18-13-10-14-19-32/h9-22,25-26,29,44H,8,23-24,27H2,1-7H3/t29-/m0/s1. The third kappa shape index (κ3) is 6.20. The molecule has 0 aliphatic heterocycles. The summed E-state index contributed by atoms with van der Waals surface area (Å²) in [6.07, 6.45) is 4.24. The molecule has 5 nitrogen and oxygen atoms in total. The third-order valence-electron chi connectivity index (χ3n) is 9.89. The van der Waals surface area contributed by atoms with Crippen LogP contribution in [0.15, 0.2) is 97.2 Å². The van der Waals surface area contributed by atoms with Gasteiger partial charge in [0.05, 0.1) is 29.1 Å². The van der Waals surface area contributed by atoms with Gasteiger partial charge in [0.1, 0.15) is 0 Å². The Morgan fingerprint density at radius 1 is 0.913 bits per heavy atom. The first kappa shape index (κ1) is 33.3. The first-order valence-corrected chi connectivity index (χ1v) is 18.3. The molecule has 0 aliphatic rings. The first-order chi connectivity index (χ1) is 22.0. The maximum absolute atomic E-state index is 12.8. The molecule has 2 heterocycles. The Hall–Kier alpha value is -4.02. The van der Waals surface area contributed by atoms with Crippen molar-refractivity contribution in [2.75, 3.05) is 7.11 Å². The summed E-state index contributed by atoms with van der Waals surface area (Å²) >= 11 is 0. The number of aryl methyl sites for hydroxylation is 1. The van der Waals surface area contributed by atoms with Crippen LogP contribution in [0, 0.1) is 16.7 Å². The fourth-order valence-corrected chi connectivity index (χ4v) is 10.8. The quantitative estimate of drug-likeness (QED) is 0.141. The number of rotatable bonds is 12. The van der Waals surface area contributed by atoms with Gasteiger partial charge < -0.3 is 14.1 Å². The second-order valence-corrected chi connectivity index (χ2v) is 17.8. The Morgan fingerprint density at radius 2 is 1.54 bits per heavy atom. The second kappa shape index (κ2) is 13.4. The summed E-state index contributed by atoms with van der Waals surface area (Å²) in [5.74, 6) is 0. The van der Waals surface area contributed by atoms with Crippen LogP contribution in [0.25, 0.3) is 22.2 Å². The van der Waals surface area contributed by atoms with E-state index in [1.807, 2.05) is 67.7 Å². The predicted molar refractivity (Wildman–Crippen MR) is 192 cm³/mol. The molecule has 0 saturated heterocycles. The van der Waals surface area contributed by atoms with Gasteiger partial charge in [-0.25, -0.2) is 0 Å². The Balaban J connectivity index is 1.58. The van der Waals surface area contributed by atoms with E-state index in [0.717, 1.165) is 64.0 Å². The van der Waals surface area contributed by atoms with E-state index in [-0.39, 0.29) is 16.6 Å². The zero-order valence-electron chi connectivity index (χ0n) is 28.3. The van der Waals surface area contributed by atoms with Crippen LogP contribution < -0.4 is 10.4 Å². The summed E-state index contributed by atoms with van der Waals surface area (Å²) in [5, 5.41) is 12.7. The van der Waals surface area contributed by atoms with E-state index in [4.69, 9.17) is 9.72 Å². The van der Waals surface area contributed by atoms with Crippen molar-refractivity contribution in [2.24, 2.45) is 5.41 Å². The van der Waals surface area contributed by atoms with Crippen LogP contribution in [0.1, 0.15) is 77.3 Å². The molecule has 6 heteroatoms. The number of hydrogen-bond acceptors (Lipinski definition) is 4. The molecule has 0 aliphatic carbocycles. The van der Waals surface area contributed by atoms with Crippen LogP contribution in [0.3, 0.4) is 0 Å². The van der Waals surface area contributed by atoms with Gasteiger partial charge in [0.2, 0.25) is 0 Å². The molecular weight excluding hydrogens is 583 g/mol. The fraction of sp³-hybridized carbons (Fsp3) is 0.350. The average Bonchev–Trinajstić information content (AvgIpc) is 3.38. The van der Waals surface area contributed by atoms with Crippen molar-refractivity contribution in [3.05, 3.63) is 114 Å². The first-order valence-electron chi connectivity index (χ1n) is 16.3. The van der Waals surface area contributed by atoms with Crippen molar-refractivity contribution >= 4 is 29.6 Å². The van der Waals surface area contributed by atoms with Gasteiger partial charge in [-0.2, -0.15) is 5.26 Å². The molecule has 1 atom stereocenters. The van der Waals surface area contributed by atoms with Crippen molar-refractivity contribution < 1.29 is 9.53 Å². The molecule has 238 valence electrons. The maximum atomic E-state index is 12.8. The number of nitrogens with zero attached hydrogens (tertiary/aromatic N) is 3. The van der Waals surface area contributed by atoms with Gasteiger partial charge in [0.25, 0.3) is 8.32 Å². The lowest BCUT2D eigenvalue weighted by Crippen LogP contribution is -2.65. The molecular formula is C40H47N3O2Si. The van der Waals surface area contributed by atoms with E-state index in [1.54, 1.807) is 7.11 Å². The minimum atomic E-state index is -3.13. The lowest BCUT2D eigenvalue weighted by atomic mass is 9.78. The van der Waals surface area contributed by atoms with Crippen molar-refractivity contribution in [2.45, 2.75) is 78.5 Å². The SMILES string of the molecule is CCn1c(-c2cccnc2[C@H](C)OC)c(CC(C)(C)CCC(C)(C)[Si](O)(c2ccccc2)c2ccccc2)c2cc(C#N)ccc21. The third-order valence-corrected chi connectivity index (χ3v) is 14.4. The molecule has 1 N–H and O–H groups in total. The average molecular weight is 630 g/mol. The summed E-state index contributed by atoms with van der Waals surface area (Å²) in [6, 6.07) is 33.1. The summed E-state index contributed by atoms with van der Waals surface area (Å²) in [6.45, 7) is 14.2. The van der Waals surface area contributed by atoms with Crippen molar-refractivity contribution in [1.82, 2.24) is 9.55 Å². The zero-order chi connectivity index (χ0) is 33.1. The number of hydrogen-bond donors (Lipinski definition) is 1. The highest BCUT2D eigenvalue weighted by molar-refractivity contribution is 6.98. The predicted octanol–water partition coefficient (Wildman–Crippen LogP) is 8.18. The van der Waals surface area contributed by atoms with Gasteiger partial charge in [0.15, 0.2) is 0 Å². The Kier molecular flexibility index (Phi) is 9.69. The summed E-state index contributed by atoms with van der Waals surface area (Å²) in [4.78, 5) is 17.6. The lowest BCUT2D eigenvalue weighted by molar-refractivity contribution is 0.116. The van der Waals surface area contributed by atoms with E-state index in [1.165, 1.54) is 5.56 Å². The van der Waals surface area contributed by atoms with Crippen LogP contribution >= 0.6 is 0 Å². The van der Waals surface area contributed by atoms with Crippen LogP contribution in [-0.2, 0) is 17.7 Å². The molecule has 3 aromatic carbocycles.